The van der Waals surface area contributed by atoms with Gasteiger partial charge in [0.25, 0.3) is 0 Å². The molecule has 0 saturated carbocycles. The molecule has 0 bridgehead atoms. The van der Waals surface area contributed by atoms with Gasteiger partial charge < -0.3 is 10.1 Å². The van der Waals surface area contributed by atoms with Gasteiger partial charge in [0, 0.05) is 25.3 Å². The van der Waals surface area contributed by atoms with Gasteiger partial charge in [-0.05, 0) is 51.0 Å². The van der Waals surface area contributed by atoms with E-state index in [1.165, 1.54) is 4.31 Å². The van der Waals surface area contributed by atoms with E-state index in [0.717, 1.165) is 23.4 Å². The molecule has 0 aromatic heterocycles. The van der Waals surface area contributed by atoms with Gasteiger partial charge in [0.2, 0.25) is 10.0 Å². The Hall–Kier alpha value is -1.11. The number of benzene rings is 1. The van der Waals surface area contributed by atoms with Crippen LogP contribution in [0.25, 0.3) is 0 Å². The highest BCUT2D eigenvalue weighted by molar-refractivity contribution is 7.89. The van der Waals surface area contributed by atoms with Gasteiger partial charge in [-0.2, -0.15) is 4.31 Å². The number of hydrogen-bond donors (Lipinski definition) is 1. The van der Waals surface area contributed by atoms with E-state index in [0.29, 0.717) is 24.6 Å². The van der Waals surface area contributed by atoms with Crippen molar-refractivity contribution in [1.82, 2.24) is 4.31 Å². The zero-order valence-electron chi connectivity index (χ0n) is 13.1. The van der Waals surface area contributed by atoms with E-state index in [9.17, 15) is 8.42 Å². The predicted molar refractivity (Wildman–Crippen MR) is 84.3 cm³/mol. The third-order valence-electron chi connectivity index (χ3n) is 3.64. The highest BCUT2D eigenvalue weighted by Crippen LogP contribution is 2.28. The summed E-state index contributed by atoms with van der Waals surface area (Å²) in [5.74, 6) is 0. The molecule has 1 heterocycles. The quantitative estimate of drug-likeness (QED) is 0.925. The minimum atomic E-state index is -3.46. The Bertz CT molecular complexity index is 590. The molecule has 1 atom stereocenters. The number of rotatable bonds is 4. The lowest BCUT2D eigenvalue weighted by molar-refractivity contribution is 0.0101. The van der Waals surface area contributed by atoms with Gasteiger partial charge in [0.15, 0.2) is 0 Å². The number of hydrogen-bond acceptors (Lipinski definition) is 4. The van der Waals surface area contributed by atoms with Crippen molar-refractivity contribution in [1.29, 1.82) is 0 Å². The Morgan fingerprint density at radius 2 is 1.95 bits per heavy atom. The van der Waals surface area contributed by atoms with Crippen LogP contribution in [0.3, 0.4) is 0 Å². The molecule has 0 aliphatic carbocycles. The van der Waals surface area contributed by atoms with Crippen molar-refractivity contribution in [2.24, 2.45) is 0 Å². The fourth-order valence-electron chi connectivity index (χ4n) is 2.80. The Morgan fingerprint density at radius 3 is 2.48 bits per heavy atom. The van der Waals surface area contributed by atoms with E-state index in [1.807, 2.05) is 39.8 Å². The molecule has 1 N–H and O–H groups in total. The largest absolute Gasteiger partial charge is 0.385 e. The highest BCUT2D eigenvalue weighted by Gasteiger charge is 2.31. The van der Waals surface area contributed by atoms with Crippen LogP contribution in [0, 0.1) is 13.8 Å². The second kappa shape index (κ2) is 6.34. The maximum absolute atomic E-state index is 12.9. The van der Waals surface area contributed by atoms with Crippen LogP contribution >= 0.6 is 0 Å². The van der Waals surface area contributed by atoms with Crippen molar-refractivity contribution in [3.63, 3.8) is 0 Å². The van der Waals surface area contributed by atoms with Crippen molar-refractivity contribution in [2.75, 3.05) is 31.6 Å². The van der Waals surface area contributed by atoms with Gasteiger partial charge in [-0.1, -0.05) is 0 Å². The molecular formula is C15H24N2O3S. The monoisotopic (exact) mass is 312 g/mol. The molecule has 0 spiro atoms. The normalized spacial score (nSPS) is 20.5. The number of nitrogens with zero attached hydrogens (tertiary/aromatic N) is 1. The van der Waals surface area contributed by atoms with Gasteiger partial charge in [0.05, 0.1) is 17.6 Å². The Morgan fingerprint density at radius 1 is 1.33 bits per heavy atom. The van der Waals surface area contributed by atoms with Crippen LogP contribution in [0.4, 0.5) is 5.69 Å². The second-order valence-corrected chi connectivity index (χ2v) is 7.39. The zero-order chi connectivity index (χ0) is 15.6. The summed E-state index contributed by atoms with van der Waals surface area (Å²) in [5.41, 5.74) is 2.52. The lowest BCUT2D eigenvalue weighted by Crippen LogP contribution is -2.44. The summed E-state index contributed by atoms with van der Waals surface area (Å²) in [6, 6.07) is 3.79. The van der Waals surface area contributed by atoms with E-state index in [4.69, 9.17) is 4.74 Å². The molecule has 2 rings (SSSR count). The summed E-state index contributed by atoms with van der Waals surface area (Å²) < 4.78 is 32.8. The molecule has 1 unspecified atom stereocenters. The smallest absolute Gasteiger partial charge is 0.243 e. The molecular weight excluding hydrogens is 288 g/mol. The Labute approximate surface area is 127 Å². The summed E-state index contributed by atoms with van der Waals surface area (Å²) >= 11 is 0. The van der Waals surface area contributed by atoms with Gasteiger partial charge in [-0.15, -0.1) is 0 Å². The standard InChI is InChI=1S/C15H24N2O3S/c1-5-16-14-8-11(2)15(12(3)9-14)21(18,19)17-6-7-20-13(4)10-17/h8-9,13,16H,5-7,10H2,1-4H3. The van der Waals surface area contributed by atoms with Crippen molar-refractivity contribution >= 4 is 15.7 Å². The second-order valence-electron chi connectivity index (χ2n) is 5.51. The molecule has 21 heavy (non-hydrogen) atoms. The highest BCUT2D eigenvalue weighted by atomic mass is 32.2. The van der Waals surface area contributed by atoms with Crippen LogP contribution in [-0.2, 0) is 14.8 Å². The van der Waals surface area contributed by atoms with Crippen molar-refractivity contribution in [3.05, 3.63) is 23.3 Å². The maximum Gasteiger partial charge on any atom is 0.243 e. The molecule has 1 aliphatic heterocycles. The first-order valence-corrected chi connectivity index (χ1v) is 8.77. The number of ether oxygens (including phenoxy) is 1. The van der Waals surface area contributed by atoms with Gasteiger partial charge >= 0.3 is 0 Å². The average molecular weight is 312 g/mol. The van der Waals surface area contributed by atoms with Gasteiger partial charge in [-0.3, -0.25) is 0 Å². The topological polar surface area (TPSA) is 58.6 Å². The number of anilines is 1. The average Bonchev–Trinajstić information content (AvgIpc) is 2.37. The molecule has 6 heteroatoms. The third kappa shape index (κ3) is 3.39. The van der Waals surface area contributed by atoms with Crippen LogP contribution < -0.4 is 5.32 Å². The third-order valence-corrected chi connectivity index (χ3v) is 5.81. The fourth-order valence-corrected chi connectivity index (χ4v) is 4.71. The summed E-state index contributed by atoms with van der Waals surface area (Å²) in [4.78, 5) is 0.429. The minimum absolute atomic E-state index is 0.0600. The first kappa shape index (κ1) is 16.3. The van der Waals surface area contributed by atoms with Gasteiger partial charge in [0.1, 0.15) is 0 Å². The van der Waals surface area contributed by atoms with Crippen LogP contribution in [-0.4, -0.2) is 45.1 Å². The minimum Gasteiger partial charge on any atom is -0.385 e. The van der Waals surface area contributed by atoms with E-state index < -0.39 is 10.0 Å². The van der Waals surface area contributed by atoms with Crippen LogP contribution in [0.2, 0.25) is 0 Å². The molecule has 5 nitrogen and oxygen atoms in total. The van der Waals surface area contributed by atoms with E-state index >= 15 is 0 Å². The zero-order valence-corrected chi connectivity index (χ0v) is 14.0. The van der Waals surface area contributed by atoms with Crippen molar-refractivity contribution in [3.8, 4) is 0 Å². The van der Waals surface area contributed by atoms with E-state index in [1.54, 1.807) is 0 Å². The number of sulfonamides is 1. The molecule has 1 saturated heterocycles. The van der Waals surface area contributed by atoms with Crippen LogP contribution in [0.5, 0.6) is 0 Å². The SMILES string of the molecule is CCNc1cc(C)c(S(=O)(=O)N2CCOC(C)C2)c(C)c1. The number of morpholine rings is 1. The Kier molecular flexibility index (Phi) is 4.91. The summed E-state index contributed by atoms with van der Waals surface area (Å²) in [7, 11) is -3.46. The lowest BCUT2D eigenvalue weighted by Gasteiger charge is -2.31. The first-order valence-electron chi connectivity index (χ1n) is 7.33. The molecule has 1 aromatic rings. The molecule has 0 amide bonds. The predicted octanol–water partition coefficient (Wildman–Crippen LogP) is 2.14. The Balaban J connectivity index is 2.40. The summed E-state index contributed by atoms with van der Waals surface area (Å²) in [6.45, 7) is 9.71. The van der Waals surface area contributed by atoms with Crippen LogP contribution in [0.1, 0.15) is 25.0 Å². The van der Waals surface area contributed by atoms with Crippen molar-refractivity contribution in [2.45, 2.75) is 38.7 Å². The fraction of sp³-hybridized carbons (Fsp3) is 0.600. The number of nitrogens with one attached hydrogen (secondary N) is 1. The molecule has 1 aliphatic rings. The lowest BCUT2D eigenvalue weighted by atomic mass is 10.1. The molecule has 1 fully saturated rings. The number of aryl methyl sites for hydroxylation is 2. The van der Waals surface area contributed by atoms with Gasteiger partial charge in [-0.25, -0.2) is 8.42 Å². The molecule has 1 aromatic carbocycles. The maximum atomic E-state index is 12.9. The molecule has 118 valence electrons. The van der Waals surface area contributed by atoms with Crippen molar-refractivity contribution < 1.29 is 13.2 Å². The molecule has 0 radical (unpaired) electrons. The summed E-state index contributed by atoms with van der Waals surface area (Å²) in [6.07, 6.45) is -0.0600. The summed E-state index contributed by atoms with van der Waals surface area (Å²) in [5, 5.41) is 3.23. The first-order chi connectivity index (χ1) is 9.86. The van der Waals surface area contributed by atoms with E-state index in [-0.39, 0.29) is 6.10 Å². The van der Waals surface area contributed by atoms with E-state index in [2.05, 4.69) is 5.32 Å². The van der Waals surface area contributed by atoms with Crippen LogP contribution in [0.15, 0.2) is 17.0 Å².